The van der Waals surface area contributed by atoms with Crippen molar-refractivity contribution in [3.63, 3.8) is 0 Å². The number of nitrogen functional groups attached to an aromatic ring is 1. The maximum atomic E-state index is 12.6. The first-order chi connectivity index (χ1) is 9.72. The lowest BCUT2D eigenvalue weighted by molar-refractivity contribution is -0.126. The molecular formula is C16H16N2O2. The molecule has 4 nitrogen and oxygen atoms in total. The third-order valence-corrected chi connectivity index (χ3v) is 3.45. The molecule has 1 heterocycles. The number of fused-ring (bicyclic) bond motifs is 1. The number of anilines is 2. The van der Waals surface area contributed by atoms with Crippen LogP contribution in [0.1, 0.15) is 18.6 Å². The molecule has 1 aliphatic heterocycles. The molecule has 0 saturated carbocycles. The number of hydrogen-bond donors (Lipinski definition) is 1. The van der Waals surface area contributed by atoms with E-state index in [4.69, 9.17) is 10.5 Å². The van der Waals surface area contributed by atoms with Crippen LogP contribution >= 0.6 is 0 Å². The van der Waals surface area contributed by atoms with Gasteiger partial charge >= 0.3 is 0 Å². The maximum Gasteiger partial charge on any atom is 0.272 e. The van der Waals surface area contributed by atoms with Crippen LogP contribution in [0.3, 0.4) is 0 Å². The highest BCUT2D eigenvalue weighted by atomic mass is 16.5. The SMILES string of the molecule is CCN1C(=O)C(c2ccccc2)Oc2cccc(N)c21. The van der Waals surface area contributed by atoms with Gasteiger partial charge in [0.15, 0.2) is 0 Å². The number of ether oxygens (including phenoxy) is 1. The zero-order valence-electron chi connectivity index (χ0n) is 11.2. The molecule has 0 spiro atoms. The second-order valence-electron chi connectivity index (χ2n) is 4.69. The second-order valence-corrected chi connectivity index (χ2v) is 4.69. The highest BCUT2D eigenvalue weighted by Crippen LogP contribution is 2.42. The quantitative estimate of drug-likeness (QED) is 0.852. The lowest BCUT2D eigenvalue weighted by Gasteiger charge is -2.34. The molecule has 1 amide bonds. The molecule has 0 bridgehead atoms. The van der Waals surface area contributed by atoms with E-state index in [1.54, 1.807) is 11.0 Å². The molecule has 1 atom stereocenters. The van der Waals surface area contributed by atoms with E-state index in [0.29, 0.717) is 23.7 Å². The van der Waals surface area contributed by atoms with Gasteiger partial charge in [0.2, 0.25) is 6.10 Å². The van der Waals surface area contributed by atoms with Crippen molar-refractivity contribution in [3.8, 4) is 5.75 Å². The van der Waals surface area contributed by atoms with E-state index < -0.39 is 6.10 Å². The number of benzene rings is 2. The molecule has 0 saturated heterocycles. The zero-order valence-corrected chi connectivity index (χ0v) is 11.2. The summed E-state index contributed by atoms with van der Waals surface area (Å²) in [5.41, 5.74) is 8.06. The average Bonchev–Trinajstić information content (AvgIpc) is 2.48. The summed E-state index contributed by atoms with van der Waals surface area (Å²) in [4.78, 5) is 14.3. The lowest BCUT2D eigenvalue weighted by Crippen LogP contribution is -2.41. The summed E-state index contributed by atoms with van der Waals surface area (Å²) < 4.78 is 5.87. The van der Waals surface area contributed by atoms with Crippen molar-refractivity contribution in [3.05, 3.63) is 54.1 Å². The van der Waals surface area contributed by atoms with Crippen LogP contribution in [0.15, 0.2) is 48.5 Å². The Kier molecular flexibility index (Phi) is 3.06. The minimum absolute atomic E-state index is 0.0795. The van der Waals surface area contributed by atoms with Crippen molar-refractivity contribution >= 4 is 17.3 Å². The summed E-state index contributed by atoms with van der Waals surface area (Å²) in [6, 6.07) is 15.0. The van der Waals surface area contributed by atoms with Gasteiger partial charge in [-0.3, -0.25) is 4.79 Å². The number of likely N-dealkylation sites (N-methyl/N-ethyl adjacent to an activating group) is 1. The number of nitrogens with two attached hydrogens (primary N) is 1. The Balaban J connectivity index is 2.09. The van der Waals surface area contributed by atoms with Crippen LogP contribution < -0.4 is 15.4 Å². The summed E-state index contributed by atoms with van der Waals surface area (Å²) >= 11 is 0. The largest absolute Gasteiger partial charge is 0.474 e. The van der Waals surface area contributed by atoms with E-state index >= 15 is 0 Å². The molecule has 4 heteroatoms. The molecule has 20 heavy (non-hydrogen) atoms. The van der Waals surface area contributed by atoms with Gasteiger partial charge in [0.05, 0.1) is 5.69 Å². The second kappa shape index (κ2) is 4.89. The number of carbonyl (C=O) groups excluding carboxylic acids is 1. The Labute approximate surface area is 117 Å². The van der Waals surface area contributed by atoms with Crippen molar-refractivity contribution in [2.24, 2.45) is 0 Å². The topological polar surface area (TPSA) is 55.6 Å². The van der Waals surface area contributed by atoms with E-state index in [1.807, 2.05) is 49.4 Å². The van der Waals surface area contributed by atoms with E-state index in [0.717, 1.165) is 5.56 Å². The third kappa shape index (κ3) is 1.90. The monoisotopic (exact) mass is 268 g/mol. The van der Waals surface area contributed by atoms with Crippen LogP contribution in [0.2, 0.25) is 0 Å². The summed E-state index contributed by atoms with van der Waals surface area (Å²) in [7, 11) is 0. The summed E-state index contributed by atoms with van der Waals surface area (Å²) in [5, 5.41) is 0. The average molecular weight is 268 g/mol. The van der Waals surface area contributed by atoms with E-state index in [2.05, 4.69) is 0 Å². The molecule has 3 rings (SSSR count). The molecule has 2 N–H and O–H groups in total. The maximum absolute atomic E-state index is 12.6. The van der Waals surface area contributed by atoms with Crippen molar-refractivity contribution in [2.45, 2.75) is 13.0 Å². The van der Waals surface area contributed by atoms with E-state index in [-0.39, 0.29) is 5.91 Å². The Morgan fingerprint density at radius 3 is 2.60 bits per heavy atom. The lowest BCUT2D eigenvalue weighted by atomic mass is 10.0. The summed E-state index contributed by atoms with van der Waals surface area (Å²) in [6.07, 6.45) is -0.606. The van der Waals surface area contributed by atoms with Crippen LogP contribution in [0.5, 0.6) is 5.75 Å². The van der Waals surface area contributed by atoms with Crippen molar-refractivity contribution in [1.82, 2.24) is 0 Å². The molecule has 0 fully saturated rings. The molecule has 1 aliphatic rings. The van der Waals surface area contributed by atoms with Crippen LogP contribution in [0.4, 0.5) is 11.4 Å². The Hall–Kier alpha value is -2.49. The van der Waals surface area contributed by atoms with Gasteiger partial charge in [-0.15, -0.1) is 0 Å². The first-order valence-corrected chi connectivity index (χ1v) is 6.64. The van der Waals surface area contributed by atoms with Gasteiger partial charge in [-0.05, 0) is 19.1 Å². The van der Waals surface area contributed by atoms with Gasteiger partial charge in [0.1, 0.15) is 11.4 Å². The Morgan fingerprint density at radius 1 is 1.15 bits per heavy atom. The van der Waals surface area contributed by atoms with Gasteiger partial charge < -0.3 is 15.4 Å². The molecule has 2 aromatic carbocycles. The number of rotatable bonds is 2. The molecular weight excluding hydrogens is 252 g/mol. The van der Waals surface area contributed by atoms with Crippen LogP contribution in [0.25, 0.3) is 0 Å². The number of nitrogens with zero attached hydrogens (tertiary/aromatic N) is 1. The van der Waals surface area contributed by atoms with Crippen LogP contribution in [0, 0.1) is 0 Å². The van der Waals surface area contributed by atoms with Crippen LogP contribution in [-0.4, -0.2) is 12.5 Å². The molecule has 1 unspecified atom stereocenters. The minimum Gasteiger partial charge on any atom is -0.474 e. The fourth-order valence-electron chi connectivity index (χ4n) is 2.50. The van der Waals surface area contributed by atoms with Gasteiger partial charge in [-0.2, -0.15) is 0 Å². The first-order valence-electron chi connectivity index (χ1n) is 6.64. The van der Waals surface area contributed by atoms with Crippen LogP contribution in [-0.2, 0) is 4.79 Å². The molecule has 2 aromatic rings. The number of amides is 1. The first kappa shape index (κ1) is 12.5. The standard InChI is InChI=1S/C16H16N2O2/c1-2-18-14-12(17)9-6-10-13(14)20-15(16(18)19)11-7-4-3-5-8-11/h3-10,15H,2,17H2,1H3. The summed E-state index contributed by atoms with van der Waals surface area (Å²) in [6.45, 7) is 2.49. The van der Waals surface area contributed by atoms with Crippen molar-refractivity contribution < 1.29 is 9.53 Å². The highest BCUT2D eigenvalue weighted by Gasteiger charge is 2.35. The molecule has 0 aliphatic carbocycles. The zero-order chi connectivity index (χ0) is 14.1. The normalized spacial score (nSPS) is 17.6. The van der Waals surface area contributed by atoms with Crippen molar-refractivity contribution in [1.29, 1.82) is 0 Å². The minimum atomic E-state index is -0.606. The predicted octanol–water partition coefficient (Wildman–Crippen LogP) is 2.76. The van der Waals surface area contributed by atoms with Gasteiger partial charge in [0.25, 0.3) is 5.91 Å². The van der Waals surface area contributed by atoms with E-state index in [1.165, 1.54) is 0 Å². The van der Waals surface area contributed by atoms with E-state index in [9.17, 15) is 4.79 Å². The third-order valence-electron chi connectivity index (χ3n) is 3.45. The van der Waals surface area contributed by atoms with Gasteiger partial charge in [0, 0.05) is 12.1 Å². The molecule has 0 aromatic heterocycles. The molecule has 0 radical (unpaired) electrons. The van der Waals surface area contributed by atoms with Gasteiger partial charge in [-0.25, -0.2) is 0 Å². The predicted molar refractivity (Wildman–Crippen MR) is 78.7 cm³/mol. The number of carbonyl (C=O) groups is 1. The fraction of sp³-hybridized carbons (Fsp3) is 0.188. The fourth-order valence-corrected chi connectivity index (χ4v) is 2.50. The number of hydrogen-bond acceptors (Lipinski definition) is 3. The Bertz CT molecular complexity index is 640. The molecule has 102 valence electrons. The summed E-state index contributed by atoms with van der Waals surface area (Å²) in [5.74, 6) is 0.574. The highest BCUT2D eigenvalue weighted by molar-refractivity contribution is 6.03. The van der Waals surface area contributed by atoms with Gasteiger partial charge in [-0.1, -0.05) is 36.4 Å². The van der Waals surface area contributed by atoms with Crippen molar-refractivity contribution in [2.75, 3.05) is 17.2 Å². The Morgan fingerprint density at radius 2 is 1.90 bits per heavy atom. The number of para-hydroxylation sites is 1. The smallest absolute Gasteiger partial charge is 0.272 e.